The zero-order chi connectivity index (χ0) is 27.5. The summed E-state index contributed by atoms with van der Waals surface area (Å²) in [6, 6.07) is 7.69. The summed E-state index contributed by atoms with van der Waals surface area (Å²) in [5.41, 5.74) is 0.963. The maximum Gasteiger partial charge on any atom is 0.184 e. The van der Waals surface area contributed by atoms with Crippen LogP contribution < -0.4 is 4.74 Å². The van der Waals surface area contributed by atoms with Gasteiger partial charge in [-0.25, -0.2) is 0 Å². The summed E-state index contributed by atoms with van der Waals surface area (Å²) in [4.78, 5) is 0. The quantitative estimate of drug-likeness (QED) is 0.451. The number of methoxy groups -OCH3 is 1. The summed E-state index contributed by atoms with van der Waals surface area (Å²) in [5, 5.41) is 20.1. The Morgan fingerprint density at radius 3 is 1.78 bits per heavy atom. The van der Waals surface area contributed by atoms with E-state index in [2.05, 4.69) is 13.8 Å². The number of ether oxygens (including phenoxy) is 5. The molecule has 3 rings (SSSR count). The van der Waals surface area contributed by atoms with Crippen molar-refractivity contribution in [1.82, 2.24) is 0 Å². The third kappa shape index (κ3) is 9.20. The molecule has 0 bridgehead atoms. The number of aliphatic hydroxyl groups is 2. The Balaban J connectivity index is 0.000000281. The predicted octanol–water partition coefficient (Wildman–Crippen LogP) is 5.28. The van der Waals surface area contributed by atoms with Crippen LogP contribution in [0, 0.1) is 23.7 Å². The van der Waals surface area contributed by atoms with Crippen LogP contribution in [0.2, 0.25) is 0 Å². The molecule has 2 unspecified atom stereocenters. The van der Waals surface area contributed by atoms with Gasteiger partial charge in [0.25, 0.3) is 0 Å². The molecule has 7 nitrogen and oxygen atoms in total. The van der Waals surface area contributed by atoms with Crippen LogP contribution in [-0.4, -0.2) is 61.2 Å². The molecule has 0 spiro atoms. The summed E-state index contributed by atoms with van der Waals surface area (Å²) >= 11 is 0. The van der Waals surface area contributed by atoms with Gasteiger partial charge >= 0.3 is 0 Å². The third-order valence-corrected chi connectivity index (χ3v) is 7.14. The van der Waals surface area contributed by atoms with Crippen LogP contribution in [0.15, 0.2) is 48.6 Å². The minimum Gasteiger partial charge on any atom is -0.497 e. The van der Waals surface area contributed by atoms with Gasteiger partial charge in [-0.2, -0.15) is 0 Å². The van der Waals surface area contributed by atoms with Crippen molar-refractivity contribution in [3.8, 4) is 5.75 Å². The molecule has 2 aliphatic rings. The second kappa shape index (κ2) is 15.6. The fourth-order valence-electron chi connectivity index (χ4n) is 4.78. The van der Waals surface area contributed by atoms with Crippen LogP contribution in [-0.2, 0) is 18.9 Å². The Bertz CT molecular complexity index is 824. The van der Waals surface area contributed by atoms with E-state index in [4.69, 9.17) is 23.7 Å². The molecular formula is C30H48O7. The lowest BCUT2D eigenvalue weighted by Crippen LogP contribution is -2.44. The average molecular weight is 521 g/mol. The maximum absolute atomic E-state index is 10.2. The number of allylic oxidation sites excluding steroid dienone is 2. The van der Waals surface area contributed by atoms with Crippen molar-refractivity contribution in [1.29, 1.82) is 0 Å². The second-order valence-electron chi connectivity index (χ2n) is 10.2. The zero-order valence-electron chi connectivity index (χ0n) is 23.7. The highest BCUT2D eigenvalue weighted by Crippen LogP contribution is 2.34. The molecule has 7 heteroatoms. The topological polar surface area (TPSA) is 86.6 Å². The van der Waals surface area contributed by atoms with Crippen molar-refractivity contribution < 1.29 is 33.9 Å². The van der Waals surface area contributed by atoms with Gasteiger partial charge in [-0.15, -0.1) is 0 Å². The SMILES string of the molecule is C/C=C/[C@@H](O)[C@H](C)[C@H]1OC(C)OC[C@@H]1C.C/C=C/[C@@H](O)[C@H](C)[C@H]1OC(c2ccc(OC)cc2)OC[C@@H]1C. The number of hydrogen-bond donors (Lipinski definition) is 2. The first kappa shape index (κ1) is 31.5. The summed E-state index contributed by atoms with van der Waals surface area (Å²) < 4.78 is 28.2. The smallest absolute Gasteiger partial charge is 0.184 e. The Morgan fingerprint density at radius 1 is 0.811 bits per heavy atom. The maximum atomic E-state index is 10.2. The number of aliphatic hydroxyl groups excluding tert-OH is 2. The first-order chi connectivity index (χ1) is 17.6. The van der Waals surface area contributed by atoms with E-state index < -0.39 is 18.5 Å². The molecule has 2 saturated heterocycles. The van der Waals surface area contributed by atoms with Gasteiger partial charge in [0, 0.05) is 29.2 Å². The molecule has 37 heavy (non-hydrogen) atoms. The molecule has 1 aromatic rings. The van der Waals surface area contributed by atoms with Crippen LogP contribution in [0.5, 0.6) is 5.75 Å². The number of hydrogen-bond acceptors (Lipinski definition) is 7. The predicted molar refractivity (Wildman–Crippen MR) is 145 cm³/mol. The van der Waals surface area contributed by atoms with E-state index in [0.717, 1.165) is 11.3 Å². The van der Waals surface area contributed by atoms with Crippen LogP contribution in [0.4, 0.5) is 0 Å². The Morgan fingerprint density at radius 2 is 1.30 bits per heavy atom. The minimum atomic E-state index is -0.507. The van der Waals surface area contributed by atoms with Crippen molar-refractivity contribution in [2.75, 3.05) is 20.3 Å². The van der Waals surface area contributed by atoms with E-state index in [9.17, 15) is 10.2 Å². The Labute approximate surface area is 223 Å². The van der Waals surface area contributed by atoms with E-state index in [-0.39, 0.29) is 36.3 Å². The fourth-order valence-corrected chi connectivity index (χ4v) is 4.78. The molecular weight excluding hydrogens is 472 g/mol. The van der Waals surface area contributed by atoms with Crippen LogP contribution in [0.25, 0.3) is 0 Å². The highest BCUT2D eigenvalue weighted by atomic mass is 16.7. The molecule has 2 heterocycles. The molecule has 2 aliphatic heterocycles. The lowest BCUT2D eigenvalue weighted by atomic mass is 9.88. The van der Waals surface area contributed by atoms with Crippen LogP contribution in [0.1, 0.15) is 60.3 Å². The minimum absolute atomic E-state index is 0.0100. The van der Waals surface area contributed by atoms with Crippen LogP contribution in [0.3, 0.4) is 0 Å². The van der Waals surface area contributed by atoms with Gasteiger partial charge in [0.2, 0.25) is 0 Å². The first-order valence-corrected chi connectivity index (χ1v) is 13.4. The number of benzene rings is 1. The number of rotatable bonds is 8. The molecule has 0 aromatic heterocycles. The second-order valence-corrected chi connectivity index (χ2v) is 10.2. The monoisotopic (exact) mass is 520 g/mol. The van der Waals surface area contributed by atoms with E-state index in [1.165, 1.54) is 0 Å². The highest BCUT2D eigenvalue weighted by molar-refractivity contribution is 5.28. The summed E-state index contributed by atoms with van der Waals surface area (Å²) in [7, 11) is 1.64. The standard InChI is InChI=1S/C18H26O4.C12H22O3/c1-5-6-16(19)13(3)17-12(2)11-21-18(22-17)14-7-9-15(20-4)10-8-14;1-5-6-11(13)9(3)12-8(2)7-14-10(4)15-12/h5-10,12-13,16-19H,11H2,1-4H3;5-6,8-13H,7H2,1-4H3/b2*6-5+/t12-,13-,16+,17-,18?;8-,9-,10?,11+,12-/m00/s1. The van der Waals surface area contributed by atoms with E-state index in [1.807, 2.05) is 71.0 Å². The Hall–Kier alpha value is -1.74. The van der Waals surface area contributed by atoms with Gasteiger partial charge in [-0.3, -0.25) is 0 Å². The molecule has 0 saturated carbocycles. The van der Waals surface area contributed by atoms with Gasteiger partial charge in [-0.1, -0.05) is 64.1 Å². The lowest BCUT2D eigenvalue weighted by Gasteiger charge is -2.39. The fraction of sp³-hybridized carbons (Fsp3) is 0.667. The van der Waals surface area contributed by atoms with Crippen LogP contribution >= 0.6 is 0 Å². The summed E-state index contributed by atoms with van der Waals surface area (Å²) in [6.07, 6.45) is 5.87. The van der Waals surface area contributed by atoms with E-state index >= 15 is 0 Å². The highest BCUT2D eigenvalue weighted by Gasteiger charge is 2.36. The van der Waals surface area contributed by atoms with E-state index in [0.29, 0.717) is 19.1 Å². The normalized spacial score (nSPS) is 31.8. The lowest BCUT2D eigenvalue weighted by molar-refractivity contribution is -0.254. The first-order valence-electron chi connectivity index (χ1n) is 13.4. The summed E-state index contributed by atoms with van der Waals surface area (Å²) in [5.74, 6) is 1.49. The molecule has 2 fully saturated rings. The van der Waals surface area contributed by atoms with Crippen molar-refractivity contribution >= 4 is 0 Å². The summed E-state index contributed by atoms with van der Waals surface area (Å²) in [6.45, 7) is 15.3. The molecule has 0 aliphatic carbocycles. The Kier molecular flexibility index (Phi) is 13.3. The van der Waals surface area contributed by atoms with Gasteiger partial charge in [-0.05, 0) is 32.9 Å². The molecule has 210 valence electrons. The molecule has 2 N–H and O–H groups in total. The van der Waals surface area contributed by atoms with Crippen molar-refractivity contribution in [2.24, 2.45) is 23.7 Å². The van der Waals surface area contributed by atoms with Crippen molar-refractivity contribution in [3.05, 3.63) is 54.1 Å². The molecule has 0 radical (unpaired) electrons. The van der Waals surface area contributed by atoms with E-state index in [1.54, 1.807) is 19.3 Å². The third-order valence-electron chi connectivity index (χ3n) is 7.14. The zero-order valence-corrected chi connectivity index (χ0v) is 23.7. The van der Waals surface area contributed by atoms with Gasteiger partial charge in [0.1, 0.15) is 5.75 Å². The molecule has 10 atom stereocenters. The van der Waals surface area contributed by atoms with Crippen molar-refractivity contribution in [2.45, 2.75) is 85.5 Å². The van der Waals surface area contributed by atoms with Crippen molar-refractivity contribution in [3.63, 3.8) is 0 Å². The van der Waals surface area contributed by atoms with Gasteiger partial charge in [0.05, 0.1) is 44.7 Å². The van der Waals surface area contributed by atoms with Gasteiger partial charge < -0.3 is 33.9 Å². The largest absolute Gasteiger partial charge is 0.497 e. The molecule has 0 amide bonds. The average Bonchev–Trinajstić information content (AvgIpc) is 2.90. The van der Waals surface area contributed by atoms with Gasteiger partial charge in [0.15, 0.2) is 12.6 Å². The molecule has 1 aromatic carbocycles.